The highest BCUT2D eigenvalue weighted by atomic mass is 16.7. The van der Waals surface area contributed by atoms with Gasteiger partial charge >= 0.3 is 0 Å². The van der Waals surface area contributed by atoms with Crippen LogP contribution in [0.1, 0.15) is 46.5 Å². The summed E-state index contributed by atoms with van der Waals surface area (Å²) in [6.45, 7) is 9.76. The van der Waals surface area contributed by atoms with E-state index < -0.39 is 0 Å². The molecule has 0 heterocycles. The van der Waals surface area contributed by atoms with E-state index in [1.165, 1.54) is 25.7 Å². The highest BCUT2D eigenvalue weighted by molar-refractivity contribution is 4.77. The molecule has 0 N–H and O–H groups in total. The Kier molecular flexibility index (Phi) is 7.01. The monoisotopic (exact) mass is 229 g/mol. The standard InChI is InChI=1S/C13H27NO2/c1-4-14(12-9-7-8-10-12)11-13(15-5-2)16-6-3/h12-13H,4-11H2,1-3H3. The molecule has 0 atom stereocenters. The first-order chi connectivity index (χ1) is 7.81. The molecule has 0 saturated heterocycles. The van der Waals surface area contributed by atoms with E-state index in [9.17, 15) is 0 Å². The van der Waals surface area contributed by atoms with Crippen molar-refractivity contribution >= 4 is 0 Å². The Morgan fingerprint density at radius 3 is 2.06 bits per heavy atom. The van der Waals surface area contributed by atoms with Gasteiger partial charge < -0.3 is 9.47 Å². The maximum absolute atomic E-state index is 5.61. The summed E-state index contributed by atoms with van der Waals surface area (Å²) in [7, 11) is 0. The van der Waals surface area contributed by atoms with Gasteiger partial charge in [0, 0.05) is 25.8 Å². The fourth-order valence-corrected chi connectivity index (χ4v) is 2.52. The SMILES string of the molecule is CCOC(CN(CC)C1CCCC1)OCC. The fourth-order valence-electron chi connectivity index (χ4n) is 2.52. The zero-order chi connectivity index (χ0) is 11.8. The topological polar surface area (TPSA) is 21.7 Å². The van der Waals surface area contributed by atoms with Gasteiger partial charge in [0.05, 0.1) is 0 Å². The van der Waals surface area contributed by atoms with Gasteiger partial charge in [0.15, 0.2) is 6.29 Å². The largest absolute Gasteiger partial charge is 0.352 e. The molecule has 1 aliphatic carbocycles. The molecule has 3 nitrogen and oxygen atoms in total. The maximum Gasteiger partial charge on any atom is 0.170 e. The van der Waals surface area contributed by atoms with Gasteiger partial charge in [-0.05, 0) is 33.2 Å². The summed E-state index contributed by atoms with van der Waals surface area (Å²) in [6.07, 6.45) is 5.41. The van der Waals surface area contributed by atoms with Crippen LogP contribution in [-0.4, -0.2) is 43.5 Å². The van der Waals surface area contributed by atoms with Crippen LogP contribution in [-0.2, 0) is 9.47 Å². The Morgan fingerprint density at radius 1 is 1.06 bits per heavy atom. The molecule has 0 unspecified atom stereocenters. The summed E-state index contributed by atoms with van der Waals surface area (Å²) in [5, 5.41) is 0. The summed E-state index contributed by atoms with van der Waals surface area (Å²) < 4.78 is 11.2. The number of hydrogen-bond acceptors (Lipinski definition) is 3. The molecule has 0 bridgehead atoms. The first kappa shape index (κ1) is 13.9. The van der Waals surface area contributed by atoms with Crippen LogP contribution in [0.25, 0.3) is 0 Å². The summed E-state index contributed by atoms with van der Waals surface area (Å²) in [6, 6.07) is 0.758. The lowest BCUT2D eigenvalue weighted by atomic mass is 10.2. The summed E-state index contributed by atoms with van der Waals surface area (Å²) in [5.74, 6) is 0. The minimum absolute atomic E-state index is 0.0458. The fraction of sp³-hybridized carbons (Fsp3) is 1.00. The third kappa shape index (κ3) is 4.40. The van der Waals surface area contributed by atoms with Gasteiger partial charge in [0.25, 0.3) is 0 Å². The molecular weight excluding hydrogens is 202 g/mol. The Balaban J connectivity index is 2.38. The Labute approximate surface area is 100 Å². The van der Waals surface area contributed by atoms with E-state index in [2.05, 4.69) is 11.8 Å². The zero-order valence-electron chi connectivity index (χ0n) is 11.1. The van der Waals surface area contributed by atoms with Gasteiger partial charge in [-0.25, -0.2) is 0 Å². The van der Waals surface area contributed by atoms with E-state index in [0.29, 0.717) is 0 Å². The lowest BCUT2D eigenvalue weighted by Gasteiger charge is -2.30. The summed E-state index contributed by atoms with van der Waals surface area (Å²) in [5.41, 5.74) is 0. The molecule has 1 saturated carbocycles. The predicted octanol–water partition coefficient (Wildman–Crippen LogP) is 2.65. The molecule has 1 aliphatic rings. The second-order valence-corrected chi connectivity index (χ2v) is 4.37. The van der Waals surface area contributed by atoms with E-state index in [1.54, 1.807) is 0 Å². The predicted molar refractivity (Wildman–Crippen MR) is 66.5 cm³/mol. The zero-order valence-corrected chi connectivity index (χ0v) is 11.1. The molecule has 3 heteroatoms. The number of ether oxygens (including phenoxy) is 2. The number of hydrogen-bond donors (Lipinski definition) is 0. The smallest absolute Gasteiger partial charge is 0.170 e. The summed E-state index contributed by atoms with van der Waals surface area (Å²) >= 11 is 0. The van der Waals surface area contributed by atoms with Crippen LogP contribution in [0.2, 0.25) is 0 Å². The van der Waals surface area contributed by atoms with Crippen molar-refractivity contribution in [3.8, 4) is 0 Å². The van der Waals surface area contributed by atoms with Crippen LogP contribution in [0.5, 0.6) is 0 Å². The van der Waals surface area contributed by atoms with Crippen LogP contribution in [0.15, 0.2) is 0 Å². The second-order valence-electron chi connectivity index (χ2n) is 4.37. The molecule has 1 rings (SSSR count). The molecule has 0 aromatic rings. The molecular formula is C13H27NO2. The van der Waals surface area contributed by atoms with Crippen molar-refractivity contribution < 1.29 is 9.47 Å². The first-order valence-electron chi connectivity index (χ1n) is 6.79. The van der Waals surface area contributed by atoms with Gasteiger partial charge in [-0.2, -0.15) is 0 Å². The van der Waals surface area contributed by atoms with Gasteiger partial charge in [-0.3, -0.25) is 4.90 Å². The van der Waals surface area contributed by atoms with Gasteiger partial charge in [-0.15, -0.1) is 0 Å². The molecule has 0 aromatic heterocycles. The Bertz CT molecular complexity index is 163. The van der Waals surface area contributed by atoms with Crippen LogP contribution in [0.4, 0.5) is 0 Å². The highest BCUT2D eigenvalue weighted by Crippen LogP contribution is 2.23. The Hall–Kier alpha value is -0.120. The van der Waals surface area contributed by atoms with Crippen molar-refractivity contribution in [2.45, 2.75) is 58.8 Å². The lowest BCUT2D eigenvalue weighted by molar-refractivity contribution is -0.150. The third-order valence-corrected chi connectivity index (χ3v) is 3.34. The molecule has 0 amide bonds. The van der Waals surface area contributed by atoms with Crippen LogP contribution >= 0.6 is 0 Å². The average Bonchev–Trinajstić information content (AvgIpc) is 2.79. The molecule has 0 spiro atoms. The van der Waals surface area contributed by atoms with E-state index in [-0.39, 0.29) is 6.29 Å². The number of likely N-dealkylation sites (N-methyl/N-ethyl adjacent to an activating group) is 1. The second kappa shape index (κ2) is 8.04. The minimum atomic E-state index is -0.0458. The summed E-state index contributed by atoms with van der Waals surface area (Å²) in [4.78, 5) is 2.52. The highest BCUT2D eigenvalue weighted by Gasteiger charge is 2.24. The maximum atomic E-state index is 5.61. The van der Waals surface area contributed by atoms with Crippen LogP contribution in [0, 0.1) is 0 Å². The minimum Gasteiger partial charge on any atom is -0.352 e. The van der Waals surface area contributed by atoms with Crippen molar-refractivity contribution in [1.82, 2.24) is 4.90 Å². The van der Waals surface area contributed by atoms with E-state index in [1.807, 2.05) is 13.8 Å². The molecule has 16 heavy (non-hydrogen) atoms. The van der Waals surface area contributed by atoms with E-state index in [0.717, 1.165) is 32.3 Å². The van der Waals surface area contributed by atoms with Gasteiger partial charge in [0.1, 0.15) is 0 Å². The van der Waals surface area contributed by atoms with Gasteiger partial charge in [-0.1, -0.05) is 19.8 Å². The lowest BCUT2D eigenvalue weighted by Crippen LogP contribution is -2.41. The van der Waals surface area contributed by atoms with Gasteiger partial charge in [0.2, 0.25) is 0 Å². The van der Waals surface area contributed by atoms with E-state index in [4.69, 9.17) is 9.47 Å². The molecule has 96 valence electrons. The third-order valence-electron chi connectivity index (χ3n) is 3.34. The first-order valence-corrected chi connectivity index (χ1v) is 6.79. The quantitative estimate of drug-likeness (QED) is 0.597. The van der Waals surface area contributed by atoms with Crippen LogP contribution < -0.4 is 0 Å². The number of rotatable bonds is 8. The van der Waals surface area contributed by atoms with Crippen LogP contribution in [0.3, 0.4) is 0 Å². The molecule has 1 fully saturated rings. The molecule has 0 aromatic carbocycles. The van der Waals surface area contributed by atoms with Crippen molar-refractivity contribution in [3.63, 3.8) is 0 Å². The van der Waals surface area contributed by atoms with E-state index >= 15 is 0 Å². The van der Waals surface area contributed by atoms with Crippen molar-refractivity contribution in [1.29, 1.82) is 0 Å². The molecule has 0 radical (unpaired) electrons. The average molecular weight is 229 g/mol. The van der Waals surface area contributed by atoms with Crippen molar-refractivity contribution in [2.24, 2.45) is 0 Å². The number of nitrogens with zero attached hydrogens (tertiary/aromatic N) is 1. The van der Waals surface area contributed by atoms with Crippen molar-refractivity contribution in [3.05, 3.63) is 0 Å². The molecule has 0 aliphatic heterocycles. The normalized spacial score (nSPS) is 17.8. The Morgan fingerprint density at radius 2 is 1.62 bits per heavy atom. The van der Waals surface area contributed by atoms with Crippen molar-refractivity contribution in [2.75, 3.05) is 26.3 Å².